The highest BCUT2D eigenvalue weighted by atomic mass is 16.3. The summed E-state index contributed by atoms with van der Waals surface area (Å²) in [5.74, 6) is 7.39. The Hall–Kier alpha value is -1.44. The first-order valence-electron chi connectivity index (χ1n) is 4.96. The Bertz CT molecular complexity index is 370. The van der Waals surface area contributed by atoms with Crippen molar-refractivity contribution in [1.29, 1.82) is 0 Å². The third-order valence-electron chi connectivity index (χ3n) is 3.42. The molecule has 7 nitrogen and oxygen atoms in total. The molecule has 0 spiro atoms. The summed E-state index contributed by atoms with van der Waals surface area (Å²) in [6, 6.07) is 0. The maximum atomic E-state index is 11.6. The Morgan fingerprint density at radius 1 is 1.31 bits per heavy atom. The number of hydrazine groups is 2. The summed E-state index contributed by atoms with van der Waals surface area (Å²) >= 11 is 0. The molecule has 16 heavy (non-hydrogen) atoms. The lowest BCUT2D eigenvalue weighted by atomic mass is 9.80. The quantitative estimate of drug-likeness (QED) is 0.154. The molecule has 0 heterocycles. The van der Waals surface area contributed by atoms with Crippen molar-refractivity contribution in [2.75, 3.05) is 0 Å². The number of nitrogens with one attached hydrogen (secondary N) is 2. The van der Waals surface area contributed by atoms with Crippen LogP contribution in [-0.4, -0.2) is 22.5 Å². The van der Waals surface area contributed by atoms with E-state index in [1.165, 1.54) is 0 Å². The van der Waals surface area contributed by atoms with Crippen molar-refractivity contribution in [1.82, 2.24) is 10.9 Å². The van der Waals surface area contributed by atoms with Crippen LogP contribution in [0, 0.1) is 17.8 Å². The van der Waals surface area contributed by atoms with Gasteiger partial charge in [0, 0.05) is 0 Å². The van der Waals surface area contributed by atoms with Crippen LogP contribution in [0.4, 0.5) is 0 Å². The number of aliphatic hydroxyl groups is 1. The molecule has 1 fully saturated rings. The van der Waals surface area contributed by atoms with E-state index in [0.717, 1.165) is 0 Å². The predicted molar refractivity (Wildman–Crippen MR) is 53.8 cm³/mol. The van der Waals surface area contributed by atoms with Gasteiger partial charge in [-0.3, -0.25) is 20.4 Å². The Morgan fingerprint density at radius 2 is 1.94 bits per heavy atom. The fraction of sp³-hybridized carbons (Fsp3) is 0.556. The number of fused-ring (bicyclic) bond motifs is 2. The Morgan fingerprint density at radius 3 is 2.50 bits per heavy atom. The SMILES string of the molecule is NNC(=O)C1C2C=CC(O)(C2)C1C(=O)NN. The van der Waals surface area contributed by atoms with E-state index in [4.69, 9.17) is 11.7 Å². The van der Waals surface area contributed by atoms with Crippen LogP contribution >= 0.6 is 0 Å². The minimum absolute atomic E-state index is 0.171. The van der Waals surface area contributed by atoms with Gasteiger partial charge in [-0.25, -0.2) is 11.7 Å². The smallest absolute Gasteiger partial charge is 0.241 e. The zero-order valence-corrected chi connectivity index (χ0v) is 8.51. The molecule has 0 aromatic carbocycles. The number of hydrogen-bond donors (Lipinski definition) is 5. The second-order valence-corrected chi connectivity index (χ2v) is 4.24. The molecular weight excluding hydrogens is 212 g/mol. The van der Waals surface area contributed by atoms with Crippen LogP contribution in [0.15, 0.2) is 12.2 Å². The maximum absolute atomic E-state index is 11.6. The highest BCUT2D eigenvalue weighted by molar-refractivity contribution is 5.90. The molecule has 0 aromatic heterocycles. The van der Waals surface area contributed by atoms with Crippen molar-refractivity contribution in [3.05, 3.63) is 12.2 Å². The molecule has 4 unspecified atom stereocenters. The summed E-state index contributed by atoms with van der Waals surface area (Å²) in [7, 11) is 0. The number of nitrogens with two attached hydrogens (primary N) is 2. The van der Waals surface area contributed by atoms with E-state index < -0.39 is 29.3 Å². The van der Waals surface area contributed by atoms with Crippen LogP contribution in [0.2, 0.25) is 0 Å². The van der Waals surface area contributed by atoms with Gasteiger partial charge in [0.15, 0.2) is 0 Å². The summed E-state index contributed by atoms with van der Waals surface area (Å²) in [6.07, 6.45) is 3.64. The second-order valence-electron chi connectivity index (χ2n) is 4.24. The Kier molecular flexibility index (Phi) is 2.45. The van der Waals surface area contributed by atoms with Crippen LogP contribution in [0.25, 0.3) is 0 Å². The lowest BCUT2D eigenvalue weighted by Crippen LogP contribution is -2.52. The van der Waals surface area contributed by atoms with Crippen LogP contribution in [0.3, 0.4) is 0 Å². The molecule has 0 aromatic rings. The minimum Gasteiger partial charge on any atom is -0.385 e. The summed E-state index contributed by atoms with van der Waals surface area (Å²) in [5, 5.41) is 10.2. The molecule has 2 bridgehead atoms. The molecule has 4 atom stereocenters. The normalized spacial score (nSPS) is 39.8. The van der Waals surface area contributed by atoms with Gasteiger partial charge in [0.2, 0.25) is 11.8 Å². The molecule has 7 heteroatoms. The van der Waals surface area contributed by atoms with E-state index in [1.807, 2.05) is 10.9 Å². The number of hydrogen-bond acceptors (Lipinski definition) is 5. The molecule has 0 saturated heterocycles. The Balaban J connectivity index is 2.34. The molecule has 0 radical (unpaired) electrons. The number of carbonyl (C=O) groups is 2. The lowest BCUT2D eigenvalue weighted by Gasteiger charge is -2.29. The van der Waals surface area contributed by atoms with Crippen LogP contribution in [0.1, 0.15) is 6.42 Å². The number of rotatable bonds is 2. The van der Waals surface area contributed by atoms with Crippen molar-refractivity contribution in [2.24, 2.45) is 29.4 Å². The number of carbonyl (C=O) groups excluding carboxylic acids is 2. The van der Waals surface area contributed by atoms with Gasteiger partial charge in [0.1, 0.15) is 0 Å². The molecule has 7 N–H and O–H groups in total. The van der Waals surface area contributed by atoms with Gasteiger partial charge in [-0.2, -0.15) is 0 Å². The molecule has 88 valence electrons. The van der Waals surface area contributed by atoms with Crippen molar-refractivity contribution in [2.45, 2.75) is 12.0 Å². The third-order valence-corrected chi connectivity index (χ3v) is 3.42. The van der Waals surface area contributed by atoms with Crippen molar-refractivity contribution in [3.8, 4) is 0 Å². The topological polar surface area (TPSA) is 130 Å². The summed E-state index contributed by atoms with van der Waals surface area (Å²) in [6.45, 7) is 0. The van der Waals surface area contributed by atoms with Gasteiger partial charge in [-0.15, -0.1) is 0 Å². The van der Waals surface area contributed by atoms with E-state index in [2.05, 4.69) is 0 Å². The van der Waals surface area contributed by atoms with Gasteiger partial charge in [0.05, 0.1) is 17.4 Å². The molecule has 0 aliphatic heterocycles. The van der Waals surface area contributed by atoms with Crippen LogP contribution in [-0.2, 0) is 9.59 Å². The summed E-state index contributed by atoms with van der Waals surface area (Å²) < 4.78 is 0. The first-order chi connectivity index (χ1) is 7.53. The van der Waals surface area contributed by atoms with Crippen LogP contribution in [0.5, 0.6) is 0 Å². The zero-order valence-electron chi connectivity index (χ0n) is 8.51. The average Bonchev–Trinajstić information content (AvgIpc) is 2.79. The van der Waals surface area contributed by atoms with Gasteiger partial charge in [0.25, 0.3) is 0 Å². The van der Waals surface area contributed by atoms with Crippen LogP contribution < -0.4 is 22.5 Å². The maximum Gasteiger partial charge on any atom is 0.241 e. The predicted octanol–water partition coefficient (Wildman–Crippen LogP) is -2.48. The van der Waals surface area contributed by atoms with E-state index in [0.29, 0.717) is 6.42 Å². The number of allylic oxidation sites excluding steroid dienone is 1. The molecule has 2 aliphatic rings. The molecular formula is C9H14N4O3. The van der Waals surface area contributed by atoms with Gasteiger partial charge >= 0.3 is 0 Å². The molecule has 1 saturated carbocycles. The lowest BCUT2D eigenvalue weighted by molar-refractivity contribution is -0.139. The third kappa shape index (κ3) is 1.33. The highest BCUT2D eigenvalue weighted by Gasteiger charge is 2.59. The monoisotopic (exact) mass is 226 g/mol. The molecule has 2 amide bonds. The first-order valence-corrected chi connectivity index (χ1v) is 4.96. The van der Waals surface area contributed by atoms with Crippen molar-refractivity contribution >= 4 is 11.8 Å². The van der Waals surface area contributed by atoms with Gasteiger partial charge in [-0.1, -0.05) is 12.2 Å². The van der Waals surface area contributed by atoms with E-state index in [1.54, 1.807) is 12.2 Å². The van der Waals surface area contributed by atoms with Crippen molar-refractivity contribution < 1.29 is 14.7 Å². The van der Waals surface area contributed by atoms with Gasteiger partial charge < -0.3 is 5.11 Å². The van der Waals surface area contributed by atoms with E-state index in [-0.39, 0.29) is 5.92 Å². The standard InChI is InChI=1S/C9H14N4O3/c10-12-7(14)5-4-1-2-9(16,3-4)6(5)8(15)13-11/h1-2,4-6,16H,3,10-11H2,(H,12,14)(H,13,15). The fourth-order valence-corrected chi connectivity index (χ4v) is 2.76. The first kappa shape index (κ1) is 11.1. The fourth-order valence-electron chi connectivity index (χ4n) is 2.76. The zero-order chi connectivity index (χ0) is 11.9. The highest BCUT2D eigenvalue weighted by Crippen LogP contribution is 2.50. The number of amides is 2. The second kappa shape index (κ2) is 3.55. The van der Waals surface area contributed by atoms with Crippen molar-refractivity contribution in [3.63, 3.8) is 0 Å². The largest absolute Gasteiger partial charge is 0.385 e. The van der Waals surface area contributed by atoms with E-state index in [9.17, 15) is 14.7 Å². The van der Waals surface area contributed by atoms with Gasteiger partial charge in [-0.05, 0) is 12.3 Å². The molecule has 2 aliphatic carbocycles. The summed E-state index contributed by atoms with van der Waals surface area (Å²) in [5.41, 5.74) is 2.70. The van der Waals surface area contributed by atoms with E-state index >= 15 is 0 Å². The molecule has 2 rings (SSSR count). The summed E-state index contributed by atoms with van der Waals surface area (Å²) in [4.78, 5) is 23.2. The average molecular weight is 226 g/mol. The minimum atomic E-state index is -1.29. The Labute approximate surface area is 91.8 Å².